The van der Waals surface area contributed by atoms with E-state index in [9.17, 15) is 0 Å². The summed E-state index contributed by atoms with van der Waals surface area (Å²) in [7, 11) is 0. The van der Waals surface area contributed by atoms with Crippen LogP contribution < -0.4 is 0 Å². The van der Waals surface area contributed by atoms with E-state index in [1.165, 1.54) is 5.56 Å². The quantitative estimate of drug-likeness (QED) is 0.826. The standard InChI is InChI=1S/C15H20N2S/c1-5-12-6-8-13(9-7-12)17-11-10-14(16-17)15(2,3)18-4/h6-11H,5H2,1-4H3. The first-order chi connectivity index (χ1) is 8.56. The molecule has 1 heterocycles. The van der Waals surface area contributed by atoms with Crippen molar-refractivity contribution in [2.45, 2.75) is 31.9 Å². The van der Waals surface area contributed by atoms with Crippen molar-refractivity contribution in [1.29, 1.82) is 0 Å². The van der Waals surface area contributed by atoms with Gasteiger partial charge in [-0.15, -0.1) is 0 Å². The third-order valence-corrected chi connectivity index (χ3v) is 4.56. The lowest BCUT2D eigenvalue weighted by Gasteiger charge is -2.18. The third-order valence-electron chi connectivity index (χ3n) is 3.33. The van der Waals surface area contributed by atoms with Gasteiger partial charge in [0.15, 0.2) is 0 Å². The van der Waals surface area contributed by atoms with E-state index < -0.39 is 0 Å². The van der Waals surface area contributed by atoms with Gasteiger partial charge in [0.25, 0.3) is 0 Å². The molecule has 0 fully saturated rings. The lowest BCUT2D eigenvalue weighted by molar-refractivity contribution is 0.717. The second-order valence-electron chi connectivity index (χ2n) is 4.88. The van der Waals surface area contributed by atoms with Crippen LogP contribution in [0.4, 0.5) is 0 Å². The summed E-state index contributed by atoms with van der Waals surface area (Å²) in [6.07, 6.45) is 5.23. The monoisotopic (exact) mass is 260 g/mol. The van der Waals surface area contributed by atoms with E-state index in [4.69, 9.17) is 0 Å². The Labute approximate surface area is 113 Å². The minimum atomic E-state index is 0.0641. The molecule has 2 aromatic rings. The van der Waals surface area contributed by atoms with Crippen molar-refractivity contribution in [3.63, 3.8) is 0 Å². The van der Waals surface area contributed by atoms with Gasteiger partial charge in [0.05, 0.1) is 16.1 Å². The molecule has 0 saturated heterocycles. The lowest BCUT2D eigenvalue weighted by Crippen LogP contribution is -2.12. The Morgan fingerprint density at radius 3 is 2.39 bits per heavy atom. The van der Waals surface area contributed by atoms with E-state index in [1.807, 2.05) is 22.6 Å². The maximum absolute atomic E-state index is 4.67. The second-order valence-corrected chi connectivity index (χ2v) is 6.31. The number of thioether (sulfide) groups is 1. The summed E-state index contributed by atoms with van der Waals surface area (Å²) in [5.41, 5.74) is 3.60. The number of aromatic nitrogens is 2. The smallest absolute Gasteiger partial charge is 0.0783 e. The minimum Gasteiger partial charge on any atom is -0.241 e. The summed E-state index contributed by atoms with van der Waals surface area (Å²) in [5, 5.41) is 4.67. The Hall–Kier alpha value is -1.22. The molecule has 1 aromatic heterocycles. The topological polar surface area (TPSA) is 17.8 Å². The van der Waals surface area contributed by atoms with Gasteiger partial charge in [-0.3, -0.25) is 0 Å². The Bertz CT molecular complexity index is 512. The average Bonchev–Trinajstić information content (AvgIpc) is 2.89. The van der Waals surface area contributed by atoms with Crippen LogP contribution in [-0.4, -0.2) is 16.0 Å². The van der Waals surface area contributed by atoms with Crippen LogP contribution in [0.2, 0.25) is 0 Å². The molecule has 0 radical (unpaired) electrons. The first kappa shape index (κ1) is 13.2. The van der Waals surface area contributed by atoms with E-state index in [-0.39, 0.29) is 4.75 Å². The molecule has 0 atom stereocenters. The highest BCUT2D eigenvalue weighted by atomic mass is 32.2. The SMILES string of the molecule is CCc1ccc(-n2ccc(C(C)(C)SC)n2)cc1. The van der Waals surface area contributed by atoms with Crippen LogP contribution in [0.5, 0.6) is 0 Å². The molecule has 0 bridgehead atoms. The number of hydrogen-bond donors (Lipinski definition) is 0. The van der Waals surface area contributed by atoms with Gasteiger partial charge in [0.2, 0.25) is 0 Å². The molecule has 0 aliphatic rings. The number of nitrogens with zero attached hydrogens (tertiary/aromatic N) is 2. The summed E-state index contributed by atoms with van der Waals surface area (Å²) >= 11 is 1.82. The van der Waals surface area contributed by atoms with Crippen LogP contribution in [0.15, 0.2) is 36.5 Å². The van der Waals surface area contributed by atoms with Crippen molar-refractivity contribution < 1.29 is 0 Å². The molecule has 0 unspecified atom stereocenters. The summed E-state index contributed by atoms with van der Waals surface area (Å²) in [5.74, 6) is 0. The average molecular weight is 260 g/mol. The van der Waals surface area contributed by atoms with Gasteiger partial charge in [0, 0.05) is 6.20 Å². The fourth-order valence-electron chi connectivity index (χ4n) is 1.78. The molecule has 0 amide bonds. The molecule has 18 heavy (non-hydrogen) atoms. The molecule has 0 aliphatic heterocycles. The summed E-state index contributed by atoms with van der Waals surface area (Å²) < 4.78 is 2.02. The molecule has 0 spiro atoms. The largest absolute Gasteiger partial charge is 0.241 e. The zero-order valence-corrected chi connectivity index (χ0v) is 12.3. The molecule has 1 aromatic carbocycles. The Morgan fingerprint density at radius 2 is 1.83 bits per heavy atom. The highest BCUT2D eigenvalue weighted by molar-refractivity contribution is 7.99. The predicted octanol–water partition coefficient (Wildman–Crippen LogP) is 4.03. The van der Waals surface area contributed by atoms with Crippen molar-refractivity contribution in [1.82, 2.24) is 9.78 Å². The molecular weight excluding hydrogens is 240 g/mol. The van der Waals surface area contributed by atoms with Crippen LogP contribution >= 0.6 is 11.8 Å². The van der Waals surface area contributed by atoms with Crippen LogP contribution in [0.25, 0.3) is 5.69 Å². The molecule has 3 heteroatoms. The van der Waals surface area contributed by atoms with Crippen LogP contribution in [-0.2, 0) is 11.2 Å². The maximum Gasteiger partial charge on any atom is 0.0783 e. The molecule has 96 valence electrons. The minimum absolute atomic E-state index is 0.0641. The molecule has 2 rings (SSSR count). The Morgan fingerprint density at radius 1 is 1.17 bits per heavy atom. The first-order valence-electron chi connectivity index (χ1n) is 6.27. The summed E-state index contributed by atoms with van der Waals surface area (Å²) in [6.45, 7) is 6.57. The number of hydrogen-bond acceptors (Lipinski definition) is 2. The summed E-state index contributed by atoms with van der Waals surface area (Å²) in [4.78, 5) is 0. The van der Waals surface area contributed by atoms with E-state index in [2.05, 4.69) is 62.5 Å². The van der Waals surface area contributed by atoms with E-state index >= 15 is 0 Å². The van der Waals surface area contributed by atoms with Crippen molar-refractivity contribution in [2.75, 3.05) is 6.26 Å². The highest BCUT2D eigenvalue weighted by Gasteiger charge is 2.21. The van der Waals surface area contributed by atoms with Gasteiger partial charge in [-0.2, -0.15) is 16.9 Å². The van der Waals surface area contributed by atoms with E-state index in [0.29, 0.717) is 0 Å². The van der Waals surface area contributed by atoms with Crippen molar-refractivity contribution in [2.24, 2.45) is 0 Å². The van der Waals surface area contributed by atoms with Crippen molar-refractivity contribution in [3.8, 4) is 5.69 Å². The van der Waals surface area contributed by atoms with Crippen LogP contribution in [0.1, 0.15) is 32.0 Å². The zero-order valence-electron chi connectivity index (χ0n) is 11.5. The Kier molecular flexibility index (Phi) is 3.81. The molecule has 0 aliphatic carbocycles. The van der Waals surface area contributed by atoms with Crippen LogP contribution in [0.3, 0.4) is 0 Å². The first-order valence-corrected chi connectivity index (χ1v) is 7.50. The highest BCUT2D eigenvalue weighted by Crippen LogP contribution is 2.32. The Balaban J connectivity index is 2.29. The van der Waals surface area contributed by atoms with E-state index in [0.717, 1.165) is 17.8 Å². The predicted molar refractivity (Wildman–Crippen MR) is 79.5 cm³/mol. The molecular formula is C15H20N2S. The van der Waals surface area contributed by atoms with Gasteiger partial charge in [0.1, 0.15) is 0 Å². The number of benzene rings is 1. The van der Waals surface area contributed by atoms with Gasteiger partial charge < -0.3 is 0 Å². The summed E-state index contributed by atoms with van der Waals surface area (Å²) in [6, 6.07) is 10.7. The fourth-order valence-corrected chi connectivity index (χ4v) is 2.10. The van der Waals surface area contributed by atoms with Gasteiger partial charge in [-0.05, 0) is 50.3 Å². The van der Waals surface area contributed by atoms with Gasteiger partial charge >= 0.3 is 0 Å². The maximum atomic E-state index is 4.67. The molecule has 0 N–H and O–H groups in total. The molecule has 0 saturated carbocycles. The van der Waals surface area contributed by atoms with Crippen molar-refractivity contribution >= 4 is 11.8 Å². The second kappa shape index (κ2) is 5.19. The fraction of sp³-hybridized carbons (Fsp3) is 0.400. The normalized spacial score (nSPS) is 11.8. The van der Waals surface area contributed by atoms with Crippen LogP contribution in [0, 0.1) is 0 Å². The molecule has 2 nitrogen and oxygen atoms in total. The van der Waals surface area contributed by atoms with E-state index in [1.54, 1.807) is 0 Å². The third kappa shape index (κ3) is 2.61. The number of rotatable bonds is 4. The number of aryl methyl sites for hydroxylation is 1. The lowest BCUT2D eigenvalue weighted by atomic mass is 10.1. The van der Waals surface area contributed by atoms with Gasteiger partial charge in [-0.25, -0.2) is 4.68 Å². The van der Waals surface area contributed by atoms with Gasteiger partial charge in [-0.1, -0.05) is 19.1 Å². The zero-order chi connectivity index (χ0) is 13.2. The van der Waals surface area contributed by atoms with Crippen molar-refractivity contribution in [3.05, 3.63) is 47.8 Å².